The first-order valence-corrected chi connectivity index (χ1v) is 14.2. The van der Waals surface area contributed by atoms with Crippen LogP contribution < -0.4 is 0 Å². The summed E-state index contributed by atoms with van der Waals surface area (Å²) in [6.07, 6.45) is 19.2. The van der Waals surface area contributed by atoms with Gasteiger partial charge in [-0.3, -0.25) is 4.98 Å². The maximum absolute atomic E-state index is 10.6. The van der Waals surface area contributed by atoms with Crippen molar-refractivity contribution in [2.75, 3.05) is 0 Å². The summed E-state index contributed by atoms with van der Waals surface area (Å²) in [7, 11) is 0. The highest BCUT2D eigenvalue weighted by molar-refractivity contribution is 5.74. The minimum Gasteiger partial charge on any atom is -0.256 e. The number of benzene rings is 1. The van der Waals surface area contributed by atoms with Crippen molar-refractivity contribution in [1.82, 2.24) is 4.98 Å². The minimum atomic E-state index is -0.387. The zero-order valence-electron chi connectivity index (χ0n) is 21.7. The van der Waals surface area contributed by atoms with E-state index in [0.717, 1.165) is 37.8 Å². The van der Waals surface area contributed by atoms with Crippen LogP contribution in [-0.2, 0) is 24.7 Å². The smallest absolute Gasteiger partial charge is 0.100 e. The molecule has 0 radical (unpaired) electrons. The van der Waals surface area contributed by atoms with Gasteiger partial charge in [-0.2, -0.15) is 5.26 Å². The van der Waals surface area contributed by atoms with Crippen LogP contribution in [0, 0.1) is 17.2 Å². The van der Waals surface area contributed by atoms with Crippen molar-refractivity contribution in [1.29, 1.82) is 5.26 Å². The van der Waals surface area contributed by atoms with E-state index < -0.39 is 0 Å². The van der Waals surface area contributed by atoms with Crippen LogP contribution >= 0.6 is 0 Å². The molecular weight excluding hydrogens is 412 g/mol. The van der Waals surface area contributed by atoms with E-state index in [1.54, 1.807) is 0 Å². The van der Waals surface area contributed by atoms with E-state index in [1.807, 2.05) is 0 Å². The summed E-state index contributed by atoms with van der Waals surface area (Å²) in [5.74, 6) is 0.689. The first-order chi connectivity index (χ1) is 16.7. The van der Waals surface area contributed by atoms with E-state index in [-0.39, 0.29) is 5.41 Å². The number of nitrogens with zero attached hydrogens (tertiary/aromatic N) is 2. The summed E-state index contributed by atoms with van der Waals surface area (Å²) in [4.78, 5) is 5.46. The molecule has 1 saturated carbocycles. The summed E-state index contributed by atoms with van der Waals surface area (Å²) in [5, 5.41) is 10.6. The lowest BCUT2D eigenvalue weighted by Gasteiger charge is -2.30. The molecule has 1 aromatic carbocycles. The first-order valence-electron chi connectivity index (χ1n) is 14.2. The topological polar surface area (TPSA) is 36.7 Å². The van der Waals surface area contributed by atoms with E-state index in [0.29, 0.717) is 5.92 Å². The number of pyridine rings is 1. The van der Waals surface area contributed by atoms with Crippen LogP contribution in [0.4, 0.5) is 0 Å². The molecule has 2 aromatic rings. The summed E-state index contributed by atoms with van der Waals surface area (Å²) >= 11 is 0. The first kappa shape index (κ1) is 25.0. The number of aromatic nitrogens is 1. The monoisotopic (exact) mass is 456 g/mol. The Hall–Kier alpha value is -2.14. The molecule has 0 bridgehead atoms. The second kappa shape index (κ2) is 12.0. The van der Waals surface area contributed by atoms with Crippen LogP contribution in [0.1, 0.15) is 120 Å². The summed E-state index contributed by atoms with van der Waals surface area (Å²) in [6.45, 7) is 4.56. The third kappa shape index (κ3) is 5.40. The Morgan fingerprint density at radius 1 is 0.941 bits per heavy atom. The third-order valence-corrected chi connectivity index (χ3v) is 8.43. The van der Waals surface area contributed by atoms with E-state index >= 15 is 0 Å². The molecule has 0 amide bonds. The lowest BCUT2D eigenvalue weighted by molar-refractivity contribution is 0.286. The van der Waals surface area contributed by atoms with Gasteiger partial charge in [0.15, 0.2) is 0 Å². The molecular formula is C32H44N2. The highest BCUT2D eigenvalue weighted by atomic mass is 14.8. The lowest BCUT2D eigenvalue weighted by Crippen LogP contribution is -2.27. The molecule has 1 atom stereocenters. The average molecular weight is 457 g/mol. The molecule has 2 aliphatic carbocycles. The van der Waals surface area contributed by atoms with Gasteiger partial charge in [0.2, 0.25) is 0 Å². The molecule has 34 heavy (non-hydrogen) atoms. The van der Waals surface area contributed by atoms with Gasteiger partial charge in [-0.05, 0) is 73.1 Å². The Kier molecular flexibility index (Phi) is 8.82. The number of aryl methyl sites for hydroxylation is 1. The predicted molar refractivity (Wildman–Crippen MR) is 143 cm³/mol. The molecule has 1 fully saturated rings. The largest absolute Gasteiger partial charge is 0.256 e. The second-order valence-corrected chi connectivity index (χ2v) is 10.9. The van der Waals surface area contributed by atoms with Crippen molar-refractivity contribution in [2.45, 2.75) is 122 Å². The molecule has 2 aliphatic rings. The Morgan fingerprint density at radius 2 is 1.65 bits per heavy atom. The molecule has 0 N–H and O–H groups in total. The van der Waals surface area contributed by atoms with E-state index in [4.69, 9.17) is 4.98 Å². The molecule has 0 aliphatic heterocycles. The highest BCUT2D eigenvalue weighted by Crippen LogP contribution is 2.49. The van der Waals surface area contributed by atoms with Crippen molar-refractivity contribution in [3.05, 3.63) is 52.8 Å². The maximum atomic E-state index is 10.6. The van der Waals surface area contributed by atoms with E-state index in [2.05, 4.69) is 50.2 Å². The number of fused-ring (bicyclic) bond motifs is 1. The lowest BCUT2D eigenvalue weighted by atomic mass is 9.73. The Labute approximate surface area is 208 Å². The zero-order valence-corrected chi connectivity index (χ0v) is 21.7. The molecule has 0 saturated heterocycles. The molecule has 1 heterocycles. The molecule has 182 valence electrons. The van der Waals surface area contributed by atoms with Gasteiger partial charge in [0.1, 0.15) is 5.41 Å². The van der Waals surface area contributed by atoms with Crippen LogP contribution in [0.5, 0.6) is 0 Å². The molecule has 4 rings (SSSR count). The number of hydrogen-bond acceptors (Lipinski definition) is 2. The fourth-order valence-corrected chi connectivity index (χ4v) is 6.57. The zero-order chi connectivity index (χ0) is 23.8. The molecule has 0 unspecified atom stereocenters. The number of hydrogen-bond donors (Lipinski definition) is 0. The quantitative estimate of drug-likeness (QED) is 0.316. The summed E-state index contributed by atoms with van der Waals surface area (Å²) < 4.78 is 0. The van der Waals surface area contributed by atoms with Crippen molar-refractivity contribution in [2.24, 2.45) is 5.92 Å². The SMILES string of the molecule is CCCCCc1nc2c(c(-c3ccccc3)c1CCCCC)CC[C@@]2(C#N)CC1CCCCC1. The molecule has 0 spiro atoms. The van der Waals surface area contributed by atoms with Gasteiger partial charge in [0.25, 0.3) is 0 Å². The van der Waals surface area contributed by atoms with Crippen LogP contribution in [0.15, 0.2) is 30.3 Å². The predicted octanol–water partition coefficient (Wildman–Crippen LogP) is 8.89. The van der Waals surface area contributed by atoms with Gasteiger partial charge >= 0.3 is 0 Å². The van der Waals surface area contributed by atoms with Gasteiger partial charge < -0.3 is 0 Å². The van der Waals surface area contributed by atoms with Crippen molar-refractivity contribution >= 4 is 0 Å². The molecule has 1 aromatic heterocycles. The Morgan fingerprint density at radius 3 is 2.32 bits per heavy atom. The van der Waals surface area contributed by atoms with Crippen LogP contribution in [0.3, 0.4) is 0 Å². The van der Waals surface area contributed by atoms with Gasteiger partial charge in [0.05, 0.1) is 11.8 Å². The average Bonchev–Trinajstić information content (AvgIpc) is 3.23. The van der Waals surface area contributed by atoms with Crippen molar-refractivity contribution in [3.8, 4) is 17.2 Å². The van der Waals surface area contributed by atoms with E-state index in [1.165, 1.54) is 98.6 Å². The second-order valence-electron chi connectivity index (χ2n) is 10.9. The van der Waals surface area contributed by atoms with Gasteiger partial charge in [-0.25, -0.2) is 0 Å². The fraction of sp³-hybridized carbons (Fsp3) is 0.625. The van der Waals surface area contributed by atoms with Gasteiger partial charge in [-0.1, -0.05) is 102 Å². The van der Waals surface area contributed by atoms with Crippen LogP contribution in [-0.4, -0.2) is 4.98 Å². The van der Waals surface area contributed by atoms with Gasteiger partial charge in [0, 0.05) is 5.69 Å². The number of nitriles is 1. The van der Waals surface area contributed by atoms with Crippen molar-refractivity contribution < 1.29 is 0 Å². The highest BCUT2D eigenvalue weighted by Gasteiger charge is 2.44. The van der Waals surface area contributed by atoms with E-state index in [9.17, 15) is 5.26 Å². The fourth-order valence-electron chi connectivity index (χ4n) is 6.57. The number of unbranched alkanes of at least 4 members (excludes halogenated alkanes) is 4. The van der Waals surface area contributed by atoms with Gasteiger partial charge in [-0.15, -0.1) is 0 Å². The summed E-state index contributed by atoms with van der Waals surface area (Å²) in [6, 6.07) is 13.9. The standard InChI is InChI=1S/C32H44N2/c1-3-5-9-19-27-29(20-10-6-4-2)34-31-28(30(27)26-17-13-8-14-18-26)21-22-32(31,24-33)23-25-15-11-7-12-16-25/h8,13-14,17-18,25H,3-7,9-12,15-16,19-23H2,1-2H3/t32-/m0/s1. The third-order valence-electron chi connectivity index (χ3n) is 8.43. The summed E-state index contributed by atoms with van der Waals surface area (Å²) in [5.41, 5.74) is 7.72. The Balaban J connectivity index is 1.83. The molecule has 2 nitrogen and oxygen atoms in total. The van der Waals surface area contributed by atoms with Crippen LogP contribution in [0.2, 0.25) is 0 Å². The Bertz CT molecular complexity index is 965. The number of rotatable bonds is 11. The van der Waals surface area contributed by atoms with Crippen molar-refractivity contribution in [3.63, 3.8) is 0 Å². The minimum absolute atomic E-state index is 0.387. The normalized spacial score (nSPS) is 20.3. The molecule has 2 heteroatoms. The maximum Gasteiger partial charge on any atom is 0.100 e. The van der Waals surface area contributed by atoms with Crippen LogP contribution in [0.25, 0.3) is 11.1 Å².